The van der Waals surface area contributed by atoms with Gasteiger partial charge in [0.15, 0.2) is 0 Å². The Morgan fingerprint density at radius 2 is 1.24 bits per heavy atom. The molecule has 1 aromatic rings. The third-order valence-corrected chi connectivity index (χ3v) is 3.93. The minimum atomic E-state index is -7.23. The first kappa shape index (κ1) is 32.0. The number of carbonyl (C=O) groups excluding carboxylic acids is 1. The lowest BCUT2D eigenvalue weighted by molar-refractivity contribution is -0.395. The zero-order chi connectivity index (χ0) is 30.3. The van der Waals surface area contributed by atoms with Gasteiger partial charge in [-0.2, -0.15) is 57.1 Å². The van der Waals surface area contributed by atoms with Crippen LogP contribution in [-0.4, -0.2) is 52.0 Å². The van der Waals surface area contributed by atoms with Crippen molar-refractivity contribution in [2.24, 2.45) is 0 Å². The quantitative estimate of drug-likeness (QED) is 0.0959. The monoisotopic (exact) mass is 584 g/mol. The lowest BCUT2D eigenvalue weighted by Crippen LogP contribution is -2.56. The molecule has 9 nitrogen and oxygen atoms in total. The molecule has 0 N–H and O–H groups in total. The Morgan fingerprint density at radius 3 is 1.63 bits per heavy atom. The van der Waals surface area contributed by atoms with Crippen molar-refractivity contribution in [3.05, 3.63) is 37.9 Å². The van der Waals surface area contributed by atoms with Crippen LogP contribution in [0.5, 0.6) is 5.75 Å². The lowest BCUT2D eigenvalue weighted by Gasteiger charge is -2.29. The number of carbonyl (C=O) groups is 1. The molecule has 0 spiro atoms. The first-order valence-corrected chi connectivity index (χ1v) is 8.56. The summed E-state index contributed by atoms with van der Waals surface area (Å²) < 4.78 is 175. The van der Waals surface area contributed by atoms with E-state index >= 15 is 0 Å². The average Bonchev–Trinajstić information content (AvgIpc) is 2.71. The summed E-state index contributed by atoms with van der Waals surface area (Å²) in [6.07, 6.45) is -17.1. The third-order valence-electron chi connectivity index (χ3n) is 3.93. The van der Waals surface area contributed by atoms with Crippen LogP contribution >= 0.6 is 0 Å². The highest BCUT2D eigenvalue weighted by Gasteiger charge is 2.76. The van der Waals surface area contributed by atoms with E-state index in [1.807, 2.05) is 0 Å². The fraction of sp³-hybridized carbons (Fsp3) is 0.438. The summed E-state index contributed by atoms with van der Waals surface area (Å²) in [5.41, 5.74) is -3.31. The summed E-state index contributed by atoms with van der Waals surface area (Å²) in [6, 6.07) is 0.520. The zero-order valence-corrected chi connectivity index (χ0v) is 17.3. The van der Waals surface area contributed by atoms with Crippen molar-refractivity contribution in [2.45, 2.75) is 42.9 Å². The molecule has 0 saturated heterocycles. The van der Waals surface area contributed by atoms with Gasteiger partial charge in [0.1, 0.15) is 0 Å². The molecule has 0 aliphatic carbocycles. The van der Waals surface area contributed by atoms with Crippen molar-refractivity contribution in [3.63, 3.8) is 0 Å². The highest BCUT2D eigenvalue weighted by molar-refractivity contribution is 5.69. The van der Waals surface area contributed by atoms with Gasteiger partial charge in [0.2, 0.25) is 5.75 Å². The van der Waals surface area contributed by atoms with E-state index in [4.69, 9.17) is 0 Å². The van der Waals surface area contributed by atoms with Crippen molar-refractivity contribution in [1.29, 1.82) is 0 Å². The molecule has 0 radical (unpaired) electrons. The summed E-state index contributed by atoms with van der Waals surface area (Å²) in [5.74, 6) is -31.3. The normalized spacial score (nSPS) is 13.3. The molecular formula is C16H5F13N2O7. The van der Waals surface area contributed by atoms with E-state index in [1.54, 1.807) is 0 Å². The van der Waals surface area contributed by atoms with E-state index in [0.29, 0.717) is 6.07 Å². The van der Waals surface area contributed by atoms with Crippen LogP contribution in [0.2, 0.25) is 0 Å². The van der Waals surface area contributed by atoms with Crippen LogP contribution in [-0.2, 0) is 4.74 Å². The summed E-state index contributed by atoms with van der Waals surface area (Å²) in [4.78, 5) is 30.4. The number of nitro benzene ring substituents is 2. The maximum Gasteiger partial charge on any atom is 0.518 e. The van der Waals surface area contributed by atoms with E-state index in [0.717, 1.165) is 6.92 Å². The molecule has 22 heteroatoms. The molecule has 212 valence electrons. The van der Waals surface area contributed by atoms with Crippen LogP contribution in [0.1, 0.15) is 5.56 Å². The first-order chi connectivity index (χ1) is 16.7. The molecule has 0 heterocycles. The molecular weight excluding hydrogens is 579 g/mol. The maximum absolute atomic E-state index is 13.7. The number of benzene rings is 1. The van der Waals surface area contributed by atoms with Crippen LogP contribution in [0.3, 0.4) is 0 Å². The highest BCUT2D eigenvalue weighted by atomic mass is 19.4. The first-order valence-electron chi connectivity index (χ1n) is 8.56. The Kier molecular flexibility index (Phi) is 8.14. The number of nitro groups is 2. The SMILES string of the molecule is Cc1cc([N+](=O)[O-])cc([N+](=O)[O-])c1OC(=O)OC(F)(F)C(F)(F)C(F)(F)C#CC(F)(F)C(F)(F)C(F)(F)F. The molecule has 1 rings (SSSR count). The van der Waals surface area contributed by atoms with Crippen LogP contribution in [0, 0.1) is 39.0 Å². The van der Waals surface area contributed by atoms with Crippen LogP contribution in [0.15, 0.2) is 12.1 Å². The summed E-state index contributed by atoms with van der Waals surface area (Å²) >= 11 is 0. The van der Waals surface area contributed by atoms with E-state index in [-0.39, 0.29) is 6.07 Å². The number of rotatable bonds is 7. The second kappa shape index (κ2) is 9.67. The van der Waals surface area contributed by atoms with Crippen molar-refractivity contribution >= 4 is 17.5 Å². The van der Waals surface area contributed by atoms with Gasteiger partial charge in [-0.25, -0.2) is 4.79 Å². The predicted molar refractivity (Wildman–Crippen MR) is 90.2 cm³/mol. The van der Waals surface area contributed by atoms with Crippen molar-refractivity contribution < 1.29 is 81.2 Å². The molecule has 0 aromatic heterocycles. The standard InChI is InChI=1S/C16H5F13N2O7/c1-6-4-7(30(33)34)5-8(31(35)36)9(6)37-10(32)38-16(28,29)14(23,24)12(19,20)3-2-11(17,18)13(21,22)15(25,26)27/h4-5H,1H3. The topological polar surface area (TPSA) is 122 Å². The second-order valence-electron chi connectivity index (χ2n) is 6.64. The van der Waals surface area contributed by atoms with Crippen molar-refractivity contribution in [1.82, 2.24) is 0 Å². The second-order valence-corrected chi connectivity index (χ2v) is 6.64. The van der Waals surface area contributed by atoms with Gasteiger partial charge in [-0.1, -0.05) is 0 Å². The maximum atomic E-state index is 13.7. The molecule has 0 atom stereocenters. The average molecular weight is 584 g/mol. The molecule has 38 heavy (non-hydrogen) atoms. The van der Waals surface area contributed by atoms with Crippen LogP contribution in [0.25, 0.3) is 0 Å². The van der Waals surface area contributed by atoms with Gasteiger partial charge in [0, 0.05) is 11.6 Å². The fourth-order valence-corrected chi connectivity index (χ4v) is 2.06. The lowest BCUT2D eigenvalue weighted by atomic mass is 10.1. The van der Waals surface area contributed by atoms with E-state index in [2.05, 4.69) is 9.47 Å². The number of hydrogen-bond donors (Lipinski definition) is 0. The van der Waals surface area contributed by atoms with Crippen LogP contribution in [0.4, 0.5) is 73.2 Å². The number of aryl methyl sites for hydroxylation is 1. The molecule has 0 unspecified atom stereocenters. The smallest absolute Gasteiger partial charge is 0.387 e. The Balaban J connectivity index is 3.34. The number of ether oxygens (including phenoxy) is 2. The predicted octanol–water partition coefficient (Wildman–Crippen LogP) is 6.03. The number of hydrogen-bond acceptors (Lipinski definition) is 7. The number of non-ortho nitro benzene ring substituents is 1. The van der Waals surface area contributed by atoms with Crippen LogP contribution < -0.4 is 4.74 Å². The Hall–Kier alpha value is -4.06. The molecule has 1 aromatic carbocycles. The Morgan fingerprint density at radius 1 is 0.789 bits per heavy atom. The van der Waals surface area contributed by atoms with E-state index < -0.39 is 86.5 Å². The summed E-state index contributed by atoms with van der Waals surface area (Å²) in [7, 11) is 0. The van der Waals surface area contributed by atoms with Gasteiger partial charge < -0.3 is 9.47 Å². The van der Waals surface area contributed by atoms with Crippen molar-refractivity contribution in [2.75, 3.05) is 0 Å². The minimum Gasteiger partial charge on any atom is -0.387 e. The zero-order valence-electron chi connectivity index (χ0n) is 17.3. The molecule has 0 amide bonds. The van der Waals surface area contributed by atoms with E-state index in [9.17, 15) is 82.1 Å². The van der Waals surface area contributed by atoms with Gasteiger partial charge in [-0.3, -0.25) is 20.2 Å². The van der Waals surface area contributed by atoms with Gasteiger partial charge in [0.05, 0.1) is 15.9 Å². The molecule has 0 bridgehead atoms. The van der Waals surface area contributed by atoms with Gasteiger partial charge in [0.25, 0.3) is 5.69 Å². The summed E-state index contributed by atoms with van der Waals surface area (Å²) in [5, 5.41) is 21.7. The van der Waals surface area contributed by atoms with E-state index in [1.165, 1.54) is 0 Å². The molecule has 0 saturated carbocycles. The number of nitrogens with zero attached hydrogens (tertiary/aromatic N) is 2. The van der Waals surface area contributed by atoms with Crippen molar-refractivity contribution in [3.8, 4) is 17.6 Å². The Bertz CT molecular complexity index is 1200. The molecule has 0 aliphatic rings. The molecule has 0 aliphatic heterocycles. The molecule has 0 fully saturated rings. The summed E-state index contributed by atoms with van der Waals surface area (Å²) in [6.45, 7) is 0.718. The number of halogens is 13. The number of alkyl halides is 13. The largest absolute Gasteiger partial charge is 0.518 e. The van der Waals surface area contributed by atoms with Gasteiger partial charge in [-0.05, 0) is 18.8 Å². The van der Waals surface area contributed by atoms with Gasteiger partial charge in [-0.15, -0.1) is 0 Å². The Labute approximate surface area is 198 Å². The van der Waals surface area contributed by atoms with Gasteiger partial charge >= 0.3 is 47.8 Å². The highest BCUT2D eigenvalue weighted by Crippen LogP contribution is 2.49. The minimum absolute atomic E-state index is 0.0863. The third kappa shape index (κ3) is 5.91. The fourth-order valence-electron chi connectivity index (χ4n) is 2.06.